The average Bonchev–Trinajstić information content (AvgIpc) is 3.32. The van der Waals surface area contributed by atoms with Crippen LogP contribution in [0.4, 0.5) is 0 Å². The maximum Gasteiger partial charge on any atom is 0.329 e. The highest BCUT2D eigenvalue weighted by molar-refractivity contribution is 5.88. The number of hydrogen-bond donors (Lipinski definition) is 0. The smallest absolute Gasteiger partial charge is 0.329 e. The van der Waals surface area contributed by atoms with Gasteiger partial charge in [-0.15, -0.1) is 13.2 Å². The Kier molecular flexibility index (Phi) is 6.01. The molecule has 1 saturated heterocycles. The molecule has 0 saturated carbocycles. The maximum absolute atomic E-state index is 13.4. The van der Waals surface area contributed by atoms with Gasteiger partial charge in [0.05, 0.1) is 5.92 Å². The molecule has 1 aromatic rings. The molecule has 0 spiro atoms. The van der Waals surface area contributed by atoms with Crippen molar-refractivity contribution in [3.63, 3.8) is 0 Å². The average molecular weight is 399 g/mol. The van der Waals surface area contributed by atoms with Crippen LogP contribution in [0.1, 0.15) is 45.1 Å². The van der Waals surface area contributed by atoms with Crippen molar-refractivity contribution in [1.29, 1.82) is 0 Å². The summed E-state index contributed by atoms with van der Waals surface area (Å²) < 4.78 is 16.4. The Morgan fingerprint density at radius 2 is 1.93 bits per heavy atom. The van der Waals surface area contributed by atoms with E-state index >= 15 is 0 Å². The van der Waals surface area contributed by atoms with Crippen LogP contribution >= 0.6 is 0 Å². The first-order chi connectivity index (χ1) is 13.7. The van der Waals surface area contributed by atoms with Gasteiger partial charge in [-0.25, -0.2) is 4.79 Å². The number of hydrogen-bond acceptors (Lipinski definition) is 5. The van der Waals surface area contributed by atoms with Gasteiger partial charge in [-0.05, 0) is 51.3 Å². The topological polar surface area (TPSA) is 65.1 Å². The SMILES string of the molecule is C=C[C@H](C(=O)N1CCC[C@H]1C(=O)OC(C)(C)C)[C@@H](C=C)c1ccc2c(c1)OCO2. The summed E-state index contributed by atoms with van der Waals surface area (Å²) in [5.74, 6) is -0.00870. The third-order valence-corrected chi connectivity index (χ3v) is 5.18. The molecule has 2 heterocycles. The van der Waals surface area contributed by atoms with Crippen molar-refractivity contribution < 1.29 is 23.8 Å². The Labute approximate surface area is 172 Å². The summed E-state index contributed by atoms with van der Waals surface area (Å²) in [7, 11) is 0. The molecule has 1 aromatic carbocycles. The lowest BCUT2D eigenvalue weighted by molar-refractivity contribution is -0.163. The van der Waals surface area contributed by atoms with Crippen LogP contribution in [0.15, 0.2) is 43.5 Å². The van der Waals surface area contributed by atoms with Crippen LogP contribution in [-0.4, -0.2) is 41.8 Å². The Balaban J connectivity index is 1.82. The Morgan fingerprint density at radius 3 is 2.59 bits per heavy atom. The summed E-state index contributed by atoms with van der Waals surface area (Å²) in [4.78, 5) is 27.7. The van der Waals surface area contributed by atoms with Crippen molar-refractivity contribution in [2.24, 2.45) is 5.92 Å². The monoisotopic (exact) mass is 399 g/mol. The van der Waals surface area contributed by atoms with Crippen LogP contribution in [0, 0.1) is 5.92 Å². The molecule has 3 rings (SSSR count). The van der Waals surface area contributed by atoms with E-state index in [1.165, 1.54) is 0 Å². The van der Waals surface area contributed by atoms with Crippen LogP contribution in [0.5, 0.6) is 11.5 Å². The highest BCUT2D eigenvalue weighted by atomic mass is 16.7. The zero-order valence-corrected chi connectivity index (χ0v) is 17.3. The number of carbonyl (C=O) groups is 2. The second kappa shape index (κ2) is 8.31. The van der Waals surface area contributed by atoms with Crippen LogP contribution in [0.3, 0.4) is 0 Å². The number of esters is 1. The molecule has 0 N–H and O–H groups in total. The summed E-state index contributed by atoms with van der Waals surface area (Å²) in [6.45, 7) is 14.0. The molecular formula is C23H29NO5. The molecule has 1 amide bonds. The summed E-state index contributed by atoms with van der Waals surface area (Å²) >= 11 is 0. The largest absolute Gasteiger partial charge is 0.458 e. The number of likely N-dealkylation sites (tertiary alicyclic amines) is 1. The number of ether oxygens (including phenoxy) is 3. The molecular weight excluding hydrogens is 370 g/mol. The van der Waals surface area contributed by atoms with Gasteiger partial charge < -0.3 is 19.1 Å². The first-order valence-corrected chi connectivity index (χ1v) is 9.93. The fraction of sp³-hybridized carbons (Fsp3) is 0.478. The number of carbonyl (C=O) groups excluding carboxylic acids is 2. The van der Waals surface area contributed by atoms with Crippen molar-refractivity contribution >= 4 is 11.9 Å². The molecule has 0 unspecified atom stereocenters. The van der Waals surface area contributed by atoms with Gasteiger partial charge in [0.25, 0.3) is 0 Å². The minimum atomic E-state index is -0.595. The molecule has 6 heteroatoms. The van der Waals surface area contributed by atoms with Crippen molar-refractivity contribution in [3.8, 4) is 11.5 Å². The Hall–Kier alpha value is -2.76. The highest BCUT2D eigenvalue weighted by Crippen LogP contribution is 2.38. The van der Waals surface area contributed by atoms with E-state index in [0.29, 0.717) is 24.5 Å². The molecule has 0 aliphatic carbocycles. The molecule has 0 aromatic heterocycles. The Bertz CT molecular complexity index is 810. The first kappa shape index (κ1) is 21.0. The van der Waals surface area contributed by atoms with Crippen molar-refractivity contribution in [1.82, 2.24) is 4.90 Å². The summed E-state index contributed by atoms with van der Waals surface area (Å²) in [6, 6.07) is 5.04. The van der Waals surface area contributed by atoms with Crippen molar-refractivity contribution in [2.75, 3.05) is 13.3 Å². The summed E-state index contributed by atoms with van der Waals surface area (Å²) in [6.07, 6.45) is 4.74. The normalized spacial score (nSPS) is 20.1. The predicted molar refractivity (Wildman–Crippen MR) is 110 cm³/mol. The zero-order valence-electron chi connectivity index (χ0n) is 17.3. The standard InChI is InChI=1S/C23H29NO5/c1-6-16(15-10-11-19-20(13-15)28-14-27-19)17(7-2)21(25)24-12-8-9-18(24)22(26)29-23(3,4)5/h6-7,10-11,13,16-18H,1-2,8-9,12,14H2,3-5H3/t16-,17-,18-/m0/s1. The van der Waals surface area contributed by atoms with Crippen molar-refractivity contribution in [2.45, 2.75) is 51.2 Å². The lowest BCUT2D eigenvalue weighted by Crippen LogP contribution is -2.46. The van der Waals surface area contributed by atoms with Crippen LogP contribution in [-0.2, 0) is 14.3 Å². The van der Waals surface area contributed by atoms with Gasteiger partial charge in [0, 0.05) is 12.5 Å². The van der Waals surface area contributed by atoms with Crippen LogP contribution in [0.25, 0.3) is 0 Å². The molecule has 29 heavy (non-hydrogen) atoms. The van der Waals surface area contributed by atoms with Gasteiger partial charge in [0.15, 0.2) is 11.5 Å². The van der Waals surface area contributed by atoms with Gasteiger partial charge in [-0.2, -0.15) is 0 Å². The van der Waals surface area contributed by atoms with Gasteiger partial charge in [0.2, 0.25) is 12.7 Å². The third kappa shape index (κ3) is 4.47. The quantitative estimate of drug-likeness (QED) is 0.537. The van der Waals surface area contributed by atoms with Crippen LogP contribution in [0.2, 0.25) is 0 Å². The number of fused-ring (bicyclic) bond motifs is 1. The highest BCUT2D eigenvalue weighted by Gasteiger charge is 2.40. The van der Waals surface area contributed by atoms with Crippen molar-refractivity contribution in [3.05, 3.63) is 49.1 Å². The molecule has 6 nitrogen and oxygen atoms in total. The zero-order chi connectivity index (χ0) is 21.2. The van der Waals surface area contributed by atoms with Gasteiger partial charge in [-0.3, -0.25) is 4.79 Å². The molecule has 3 atom stereocenters. The van der Waals surface area contributed by atoms with Gasteiger partial charge in [-0.1, -0.05) is 18.2 Å². The fourth-order valence-electron chi connectivity index (χ4n) is 3.85. The fourth-order valence-corrected chi connectivity index (χ4v) is 3.85. The van der Waals surface area contributed by atoms with E-state index in [0.717, 1.165) is 12.0 Å². The van der Waals surface area contributed by atoms with E-state index in [-0.39, 0.29) is 24.6 Å². The van der Waals surface area contributed by atoms with E-state index in [1.54, 1.807) is 17.1 Å². The summed E-state index contributed by atoms with van der Waals surface area (Å²) in [5.41, 5.74) is 0.290. The number of allylic oxidation sites excluding steroid dienone is 1. The van der Waals surface area contributed by atoms with E-state index in [9.17, 15) is 9.59 Å². The minimum Gasteiger partial charge on any atom is -0.458 e. The first-order valence-electron chi connectivity index (χ1n) is 9.93. The predicted octanol–water partition coefficient (Wildman–Crippen LogP) is 3.82. The van der Waals surface area contributed by atoms with E-state index in [4.69, 9.17) is 14.2 Å². The maximum atomic E-state index is 13.4. The Morgan fingerprint density at radius 1 is 1.21 bits per heavy atom. The second-order valence-corrected chi connectivity index (χ2v) is 8.36. The number of nitrogens with zero attached hydrogens (tertiary/aromatic N) is 1. The lowest BCUT2D eigenvalue weighted by Gasteiger charge is -2.31. The molecule has 2 aliphatic rings. The molecule has 1 fully saturated rings. The number of rotatable bonds is 6. The van der Waals surface area contributed by atoms with E-state index in [2.05, 4.69) is 13.2 Å². The molecule has 2 aliphatic heterocycles. The van der Waals surface area contributed by atoms with Crippen LogP contribution < -0.4 is 9.47 Å². The second-order valence-electron chi connectivity index (χ2n) is 8.36. The lowest BCUT2D eigenvalue weighted by atomic mass is 9.84. The van der Waals surface area contributed by atoms with Gasteiger partial charge in [0.1, 0.15) is 11.6 Å². The van der Waals surface area contributed by atoms with E-state index in [1.807, 2.05) is 39.0 Å². The molecule has 0 radical (unpaired) electrons. The minimum absolute atomic E-state index is 0.143. The summed E-state index contributed by atoms with van der Waals surface area (Å²) in [5, 5.41) is 0. The number of benzene rings is 1. The van der Waals surface area contributed by atoms with Gasteiger partial charge >= 0.3 is 5.97 Å². The molecule has 156 valence electrons. The molecule has 0 bridgehead atoms. The third-order valence-electron chi connectivity index (χ3n) is 5.18. The number of amides is 1. The van der Waals surface area contributed by atoms with E-state index < -0.39 is 17.6 Å².